The first kappa shape index (κ1) is 10.5. The second kappa shape index (κ2) is 3.65. The third-order valence-corrected chi connectivity index (χ3v) is 1.52. The Balaban J connectivity index is 2.91. The molecule has 1 aromatic heterocycles. The highest BCUT2D eigenvalue weighted by Gasteiger charge is 2.34. The van der Waals surface area contributed by atoms with E-state index in [1.165, 1.54) is 0 Å². The largest absolute Gasteiger partial charge is 0.481 e. The van der Waals surface area contributed by atoms with E-state index >= 15 is 0 Å². The molecular weight excluding hydrogens is 199 g/mol. The van der Waals surface area contributed by atoms with Crippen molar-refractivity contribution < 1.29 is 23.1 Å². The van der Waals surface area contributed by atoms with Crippen LogP contribution in [0.4, 0.5) is 13.2 Å². The van der Waals surface area contributed by atoms with E-state index in [9.17, 15) is 18.0 Å². The van der Waals surface area contributed by atoms with E-state index in [2.05, 4.69) is 4.98 Å². The highest BCUT2D eigenvalue weighted by Crippen LogP contribution is 2.30. The molecule has 0 atom stereocenters. The van der Waals surface area contributed by atoms with Crippen LogP contribution < -0.4 is 0 Å². The van der Waals surface area contributed by atoms with Gasteiger partial charge in [-0.05, 0) is 12.1 Å². The van der Waals surface area contributed by atoms with Crippen LogP contribution in [0, 0.1) is 5.95 Å². The van der Waals surface area contributed by atoms with Crippen molar-refractivity contribution in [2.24, 2.45) is 0 Å². The number of halogens is 3. The summed E-state index contributed by atoms with van der Waals surface area (Å²) < 4.78 is 38.3. The number of carbonyl (C=O) groups is 1. The summed E-state index contributed by atoms with van der Waals surface area (Å²) in [6.45, 7) is 0. The zero-order chi connectivity index (χ0) is 10.8. The first-order chi connectivity index (χ1) is 6.42. The third-order valence-electron chi connectivity index (χ3n) is 1.52. The molecule has 0 fully saturated rings. The van der Waals surface area contributed by atoms with Gasteiger partial charge in [-0.2, -0.15) is 4.39 Å². The number of hydrogen-bond acceptors (Lipinski definition) is 2. The van der Waals surface area contributed by atoms with E-state index in [1.807, 2.05) is 0 Å². The average Bonchev–Trinajstić information content (AvgIpc) is 2.02. The summed E-state index contributed by atoms with van der Waals surface area (Å²) in [5, 5.41) is 8.19. The first-order valence-corrected chi connectivity index (χ1v) is 3.63. The molecule has 0 aliphatic rings. The molecule has 1 N–H and O–H groups in total. The number of carboxylic acid groups (broad SMARTS) is 1. The van der Waals surface area contributed by atoms with E-state index in [1.54, 1.807) is 0 Å². The second-order valence-electron chi connectivity index (χ2n) is 2.64. The summed E-state index contributed by atoms with van der Waals surface area (Å²) in [6, 6.07) is 1.57. The Hall–Kier alpha value is -1.59. The smallest absolute Gasteiger partial charge is 0.309 e. The maximum Gasteiger partial charge on any atom is 0.309 e. The predicted octanol–water partition coefficient (Wildman–Crippen LogP) is 1.79. The van der Waals surface area contributed by atoms with Crippen molar-refractivity contribution in [3.63, 3.8) is 0 Å². The second-order valence-corrected chi connectivity index (χ2v) is 2.64. The van der Waals surface area contributed by atoms with Crippen molar-refractivity contribution >= 4 is 5.97 Å². The maximum atomic E-state index is 13.0. The summed E-state index contributed by atoms with van der Waals surface area (Å²) in [6.07, 6.45) is -0.710. The van der Waals surface area contributed by atoms with Crippen molar-refractivity contribution in [1.29, 1.82) is 0 Å². The van der Waals surface area contributed by atoms with Crippen LogP contribution in [-0.2, 0) is 10.7 Å². The molecule has 0 saturated heterocycles. The molecule has 1 aromatic rings. The van der Waals surface area contributed by atoms with Gasteiger partial charge in [0.2, 0.25) is 5.95 Å². The molecule has 0 aliphatic carbocycles. The van der Waals surface area contributed by atoms with Crippen molar-refractivity contribution in [2.75, 3.05) is 0 Å². The Bertz CT molecular complexity index is 337. The molecule has 0 radical (unpaired) electrons. The molecule has 0 amide bonds. The zero-order valence-electron chi connectivity index (χ0n) is 6.88. The van der Waals surface area contributed by atoms with Gasteiger partial charge < -0.3 is 5.11 Å². The average molecular weight is 205 g/mol. The number of alkyl halides is 2. The van der Waals surface area contributed by atoms with Gasteiger partial charge in [-0.3, -0.25) is 4.79 Å². The van der Waals surface area contributed by atoms with Crippen LogP contribution in [-0.4, -0.2) is 16.1 Å². The number of carboxylic acids is 1. The SMILES string of the molecule is O=C(O)CC(F)(F)c1ccc(F)nc1. The van der Waals surface area contributed by atoms with E-state index in [-0.39, 0.29) is 0 Å². The molecule has 6 heteroatoms. The maximum absolute atomic E-state index is 13.0. The van der Waals surface area contributed by atoms with Crippen LogP contribution >= 0.6 is 0 Å². The zero-order valence-corrected chi connectivity index (χ0v) is 6.88. The number of hydrogen-bond donors (Lipinski definition) is 1. The molecule has 0 aliphatic heterocycles. The van der Waals surface area contributed by atoms with Crippen molar-refractivity contribution in [3.8, 4) is 0 Å². The van der Waals surface area contributed by atoms with Crippen molar-refractivity contribution in [3.05, 3.63) is 29.8 Å². The summed E-state index contributed by atoms with van der Waals surface area (Å²) in [4.78, 5) is 13.1. The van der Waals surface area contributed by atoms with Gasteiger partial charge in [0.25, 0.3) is 5.92 Å². The molecule has 14 heavy (non-hydrogen) atoms. The minimum Gasteiger partial charge on any atom is -0.481 e. The molecular formula is C8H6F3NO2. The Labute approximate surface area is 77.2 Å². The molecule has 1 heterocycles. The van der Waals surface area contributed by atoms with Gasteiger partial charge in [-0.15, -0.1) is 0 Å². The van der Waals surface area contributed by atoms with Gasteiger partial charge >= 0.3 is 5.97 Å². The summed E-state index contributed by atoms with van der Waals surface area (Å²) in [7, 11) is 0. The van der Waals surface area contributed by atoms with E-state index in [4.69, 9.17) is 5.11 Å². The molecule has 3 nitrogen and oxygen atoms in total. The normalized spacial score (nSPS) is 11.4. The molecule has 76 valence electrons. The number of aliphatic carboxylic acids is 1. The fourth-order valence-electron chi connectivity index (χ4n) is 0.884. The fraction of sp³-hybridized carbons (Fsp3) is 0.250. The lowest BCUT2D eigenvalue weighted by Crippen LogP contribution is -2.18. The van der Waals surface area contributed by atoms with Crippen LogP contribution in [0.2, 0.25) is 0 Å². The number of nitrogens with zero attached hydrogens (tertiary/aromatic N) is 1. The Kier molecular flexibility index (Phi) is 2.73. The fourth-order valence-corrected chi connectivity index (χ4v) is 0.884. The molecule has 0 bridgehead atoms. The van der Waals surface area contributed by atoms with Crippen molar-refractivity contribution in [1.82, 2.24) is 4.98 Å². The highest BCUT2D eigenvalue weighted by atomic mass is 19.3. The van der Waals surface area contributed by atoms with Crippen LogP contribution in [0.15, 0.2) is 18.3 Å². The minimum atomic E-state index is -3.52. The van der Waals surface area contributed by atoms with Crippen LogP contribution in [0.1, 0.15) is 12.0 Å². The topological polar surface area (TPSA) is 50.2 Å². The van der Waals surface area contributed by atoms with Crippen molar-refractivity contribution in [2.45, 2.75) is 12.3 Å². The van der Waals surface area contributed by atoms with Gasteiger partial charge in [-0.1, -0.05) is 0 Å². The van der Waals surface area contributed by atoms with Gasteiger partial charge in [0, 0.05) is 11.8 Å². The lowest BCUT2D eigenvalue weighted by Gasteiger charge is -2.13. The molecule has 0 aromatic carbocycles. The molecule has 0 unspecified atom stereocenters. The standard InChI is InChI=1S/C8H6F3NO2/c9-6-2-1-5(4-12-6)8(10,11)3-7(13)14/h1-2,4H,3H2,(H,13,14). The third kappa shape index (κ3) is 2.45. The number of rotatable bonds is 3. The van der Waals surface area contributed by atoms with Gasteiger partial charge in [0.05, 0.1) is 0 Å². The first-order valence-electron chi connectivity index (χ1n) is 3.63. The number of aromatic nitrogens is 1. The van der Waals surface area contributed by atoms with Gasteiger partial charge in [0.1, 0.15) is 6.42 Å². The summed E-state index contributed by atoms with van der Waals surface area (Å²) >= 11 is 0. The molecule has 0 spiro atoms. The van der Waals surface area contributed by atoms with Crippen LogP contribution in [0.3, 0.4) is 0 Å². The monoisotopic (exact) mass is 205 g/mol. The quantitative estimate of drug-likeness (QED) is 0.765. The highest BCUT2D eigenvalue weighted by molar-refractivity contribution is 5.68. The van der Waals surface area contributed by atoms with Gasteiger partial charge in [0.15, 0.2) is 0 Å². The lowest BCUT2D eigenvalue weighted by molar-refractivity contribution is -0.145. The predicted molar refractivity (Wildman–Crippen MR) is 40.3 cm³/mol. The van der Waals surface area contributed by atoms with Gasteiger partial charge in [-0.25, -0.2) is 13.8 Å². The summed E-state index contributed by atoms with van der Waals surface area (Å²) in [5.74, 6) is -6.04. The van der Waals surface area contributed by atoms with Crippen LogP contribution in [0.5, 0.6) is 0 Å². The molecule has 0 saturated carbocycles. The van der Waals surface area contributed by atoms with E-state index < -0.39 is 29.8 Å². The van der Waals surface area contributed by atoms with Crippen LogP contribution in [0.25, 0.3) is 0 Å². The molecule has 1 rings (SSSR count). The Morgan fingerprint density at radius 2 is 2.14 bits per heavy atom. The minimum absolute atomic E-state index is 0.610. The lowest BCUT2D eigenvalue weighted by atomic mass is 10.1. The number of pyridine rings is 1. The van der Waals surface area contributed by atoms with E-state index in [0.29, 0.717) is 6.20 Å². The Morgan fingerprint density at radius 3 is 2.57 bits per heavy atom. The summed E-state index contributed by atoms with van der Waals surface area (Å²) in [5.41, 5.74) is -0.610. The van der Waals surface area contributed by atoms with E-state index in [0.717, 1.165) is 12.1 Å². The Morgan fingerprint density at radius 1 is 1.50 bits per heavy atom.